The molecule has 0 radical (unpaired) electrons. The van der Waals surface area contributed by atoms with Crippen LogP contribution in [0.5, 0.6) is 0 Å². The highest BCUT2D eigenvalue weighted by Crippen LogP contribution is 2.38. The maximum absolute atomic E-state index is 13.3. The minimum atomic E-state index is -4.12. The number of amides is 2. The molecule has 2 N–H and O–H groups in total. The number of aromatic nitrogens is 2. The highest BCUT2D eigenvalue weighted by atomic mass is 32.2. The zero-order valence-corrected chi connectivity index (χ0v) is 19.1. The molecule has 4 rings (SSSR count). The van der Waals surface area contributed by atoms with Crippen molar-refractivity contribution >= 4 is 39.0 Å². The van der Waals surface area contributed by atoms with E-state index in [1.807, 2.05) is 14.0 Å². The standard InChI is InChI=1S/C19H28N6O3S2/c1-13-18(16-7-4-8-17(16)29-13)21-19(26)22-30(27,28)25(15-10-20-24(3)12-15)14-6-5-9-23(2)11-14/h10,12,14H,4-9,11H2,1-3H3,(H2,21,22,26)/t14-/m0/s1. The summed E-state index contributed by atoms with van der Waals surface area (Å²) in [5.41, 5.74) is 2.35. The Bertz CT molecular complexity index is 1040. The Balaban J connectivity index is 1.56. The molecule has 3 heterocycles. The van der Waals surface area contributed by atoms with Crippen LogP contribution in [0.15, 0.2) is 12.4 Å². The first-order chi connectivity index (χ1) is 14.2. The van der Waals surface area contributed by atoms with Gasteiger partial charge in [0.05, 0.1) is 23.6 Å². The fourth-order valence-electron chi connectivity index (χ4n) is 4.41. The fraction of sp³-hybridized carbons (Fsp3) is 0.579. The molecule has 1 fully saturated rings. The van der Waals surface area contributed by atoms with Gasteiger partial charge in [0.15, 0.2) is 0 Å². The first-order valence-corrected chi connectivity index (χ1v) is 12.4. The number of piperidine rings is 1. The van der Waals surface area contributed by atoms with Crippen LogP contribution in [0.4, 0.5) is 16.2 Å². The van der Waals surface area contributed by atoms with E-state index >= 15 is 0 Å². The van der Waals surface area contributed by atoms with Gasteiger partial charge in [-0.15, -0.1) is 11.3 Å². The second-order valence-corrected chi connectivity index (χ2v) is 10.9. The molecule has 0 bridgehead atoms. The molecule has 0 spiro atoms. The van der Waals surface area contributed by atoms with E-state index in [0.717, 1.165) is 54.8 Å². The molecule has 164 valence electrons. The number of thiophene rings is 1. The molecule has 11 heteroatoms. The number of fused-ring (bicyclic) bond motifs is 1. The fourth-order valence-corrected chi connectivity index (χ4v) is 6.95. The van der Waals surface area contributed by atoms with E-state index < -0.39 is 16.2 Å². The van der Waals surface area contributed by atoms with Crippen molar-refractivity contribution in [2.75, 3.05) is 29.8 Å². The lowest BCUT2D eigenvalue weighted by Crippen LogP contribution is -2.54. The van der Waals surface area contributed by atoms with Gasteiger partial charge < -0.3 is 10.2 Å². The molecule has 9 nitrogen and oxygen atoms in total. The third-order valence-corrected chi connectivity index (χ3v) is 8.37. The van der Waals surface area contributed by atoms with Crippen LogP contribution in [-0.4, -0.2) is 55.3 Å². The lowest BCUT2D eigenvalue weighted by molar-refractivity contribution is 0.251. The zero-order valence-electron chi connectivity index (χ0n) is 17.5. The Morgan fingerprint density at radius 2 is 2.10 bits per heavy atom. The van der Waals surface area contributed by atoms with E-state index in [4.69, 9.17) is 0 Å². The average molecular weight is 453 g/mol. The van der Waals surface area contributed by atoms with Gasteiger partial charge in [-0.05, 0) is 58.2 Å². The topological polar surface area (TPSA) is 99.6 Å². The summed E-state index contributed by atoms with van der Waals surface area (Å²) in [5.74, 6) is 0. The molecule has 0 saturated carbocycles. The lowest BCUT2D eigenvalue weighted by Gasteiger charge is -2.37. The van der Waals surface area contributed by atoms with Gasteiger partial charge in [0.25, 0.3) is 0 Å². The van der Waals surface area contributed by atoms with Gasteiger partial charge >= 0.3 is 16.2 Å². The maximum atomic E-state index is 13.3. The molecular weight excluding hydrogens is 424 g/mol. The van der Waals surface area contributed by atoms with E-state index in [-0.39, 0.29) is 6.04 Å². The number of nitrogens with one attached hydrogen (secondary N) is 2. The molecule has 2 aromatic rings. The third kappa shape index (κ3) is 4.19. The molecule has 1 atom stereocenters. The van der Waals surface area contributed by atoms with E-state index in [0.29, 0.717) is 12.2 Å². The minimum absolute atomic E-state index is 0.273. The van der Waals surface area contributed by atoms with E-state index in [9.17, 15) is 13.2 Å². The third-order valence-electron chi connectivity index (χ3n) is 5.69. The molecule has 1 aliphatic carbocycles. The van der Waals surface area contributed by atoms with Crippen LogP contribution in [0.1, 0.15) is 34.6 Å². The number of hydrogen-bond acceptors (Lipinski definition) is 6. The first kappa shape index (κ1) is 21.1. The van der Waals surface area contributed by atoms with Crippen molar-refractivity contribution in [3.8, 4) is 0 Å². The van der Waals surface area contributed by atoms with Gasteiger partial charge in [0.1, 0.15) is 0 Å². The van der Waals surface area contributed by atoms with Gasteiger partial charge in [-0.3, -0.25) is 4.68 Å². The van der Waals surface area contributed by atoms with Crippen molar-refractivity contribution in [1.82, 2.24) is 19.4 Å². The summed E-state index contributed by atoms with van der Waals surface area (Å²) >= 11 is 1.67. The van der Waals surface area contributed by atoms with Crippen molar-refractivity contribution in [2.24, 2.45) is 7.05 Å². The number of anilines is 2. The van der Waals surface area contributed by atoms with Gasteiger partial charge in [0.2, 0.25) is 0 Å². The van der Waals surface area contributed by atoms with Crippen molar-refractivity contribution in [1.29, 1.82) is 0 Å². The molecule has 2 aliphatic rings. The summed E-state index contributed by atoms with van der Waals surface area (Å²) in [4.78, 5) is 17.1. The lowest BCUT2D eigenvalue weighted by atomic mass is 10.1. The average Bonchev–Trinajstić information content (AvgIpc) is 3.34. The van der Waals surface area contributed by atoms with Crippen molar-refractivity contribution in [3.05, 3.63) is 27.7 Å². The van der Waals surface area contributed by atoms with Crippen LogP contribution in [0.25, 0.3) is 0 Å². The van der Waals surface area contributed by atoms with Crippen LogP contribution in [0.2, 0.25) is 0 Å². The quantitative estimate of drug-likeness (QED) is 0.725. The predicted octanol–water partition coefficient (Wildman–Crippen LogP) is 2.25. The summed E-state index contributed by atoms with van der Waals surface area (Å²) in [6.07, 6.45) is 7.78. The molecule has 0 aromatic carbocycles. The molecule has 0 unspecified atom stereocenters. The van der Waals surface area contributed by atoms with E-state index in [2.05, 4.69) is 20.0 Å². The van der Waals surface area contributed by atoms with Crippen LogP contribution in [0, 0.1) is 6.92 Å². The van der Waals surface area contributed by atoms with Crippen LogP contribution in [0.3, 0.4) is 0 Å². The van der Waals surface area contributed by atoms with Crippen molar-refractivity contribution in [3.63, 3.8) is 0 Å². The predicted molar refractivity (Wildman–Crippen MR) is 118 cm³/mol. The normalized spacial score (nSPS) is 19.5. The van der Waals surface area contributed by atoms with Crippen LogP contribution >= 0.6 is 11.3 Å². The Morgan fingerprint density at radius 1 is 1.30 bits per heavy atom. The number of nitrogens with zero attached hydrogens (tertiary/aromatic N) is 4. The highest BCUT2D eigenvalue weighted by Gasteiger charge is 2.35. The molecule has 2 amide bonds. The summed E-state index contributed by atoms with van der Waals surface area (Å²) in [6, 6.07) is -1.01. The van der Waals surface area contributed by atoms with Gasteiger partial charge in [-0.2, -0.15) is 13.5 Å². The largest absolute Gasteiger partial charge is 0.334 e. The molecule has 1 aliphatic heterocycles. The molecular formula is C19H28N6O3S2. The summed E-state index contributed by atoms with van der Waals surface area (Å²) in [6.45, 7) is 3.47. The van der Waals surface area contributed by atoms with Crippen molar-refractivity contribution < 1.29 is 13.2 Å². The number of likely N-dealkylation sites (tertiary alicyclic amines) is 1. The monoisotopic (exact) mass is 452 g/mol. The number of carbonyl (C=O) groups excluding carboxylic acids is 1. The first-order valence-electron chi connectivity index (χ1n) is 10.2. The smallest absolute Gasteiger partial charge is 0.306 e. The van der Waals surface area contributed by atoms with Gasteiger partial charge in [0, 0.05) is 29.5 Å². The number of carbonyl (C=O) groups is 1. The van der Waals surface area contributed by atoms with Crippen LogP contribution in [-0.2, 0) is 30.1 Å². The second-order valence-electron chi connectivity index (χ2n) is 8.08. The maximum Gasteiger partial charge on any atom is 0.334 e. The van der Waals surface area contributed by atoms with E-state index in [1.54, 1.807) is 29.3 Å². The molecule has 1 saturated heterocycles. The Labute approximate surface area is 181 Å². The van der Waals surface area contributed by atoms with Gasteiger partial charge in [-0.1, -0.05) is 0 Å². The number of hydrogen-bond donors (Lipinski definition) is 2. The van der Waals surface area contributed by atoms with Crippen LogP contribution < -0.4 is 14.3 Å². The Morgan fingerprint density at radius 3 is 2.80 bits per heavy atom. The Hall–Kier alpha value is -2.11. The molecule has 30 heavy (non-hydrogen) atoms. The molecule has 2 aromatic heterocycles. The number of rotatable bonds is 5. The Kier molecular flexibility index (Phi) is 5.78. The summed E-state index contributed by atoms with van der Waals surface area (Å²) in [7, 11) is -0.410. The number of aryl methyl sites for hydroxylation is 3. The van der Waals surface area contributed by atoms with E-state index in [1.165, 1.54) is 15.4 Å². The number of urea groups is 1. The summed E-state index contributed by atoms with van der Waals surface area (Å²) < 4.78 is 31.7. The van der Waals surface area contributed by atoms with Crippen molar-refractivity contribution in [2.45, 2.75) is 45.1 Å². The minimum Gasteiger partial charge on any atom is -0.306 e. The highest BCUT2D eigenvalue weighted by molar-refractivity contribution is 7.91. The second kappa shape index (κ2) is 8.20. The summed E-state index contributed by atoms with van der Waals surface area (Å²) in [5, 5.41) is 6.92. The SMILES string of the molecule is Cc1sc2c(c1NC(=O)NS(=O)(=O)N(c1cnn(C)c1)[C@H]1CCCN(C)C1)CCC2. The van der Waals surface area contributed by atoms with Gasteiger partial charge in [-0.25, -0.2) is 13.8 Å². The zero-order chi connectivity index (χ0) is 21.5. The number of likely N-dealkylation sites (N-methyl/N-ethyl adjacent to an activating group) is 1.